The van der Waals surface area contributed by atoms with Crippen molar-refractivity contribution in [2.45, 2.75) is 57.8 Å². The molecule has 7 amide bonds. The van der Waals surface area contributed by atoms with Crippen molar-refractivity contribution in [3.05, 3.63) is 33.4 Å². The van der Waals surface area contributed by atoms with E-state index in [1.807, 2.05) is 0 Å². The number of carboxylic acid groups (broad SMARTS) is 4. The van der Waals surface area contributed by atoms with Crippen LogP contribution in [-0.2, 0) is 57.6 Å². The molecule has 1 aliphatic heterocycles. The van der Waals surface area contributed by atoms with Gasteiger partial charge in [0.05, 0.1) is 5.92 Å². The van der Waals surface area contributed by atoms with Gasteiger partial charge in [-0.15, -0.1) is 5.06 Å². The second-order valence-corrected chi connectivity index (χ2v) is 15.8. The number of nitrogens with zero attached hydrogens (tertiary/aromatic N) is 5. The number of hydroxylamine groups is 2. The van der Waals surface area contributed by atoms with Crippen LogP contribution >= 0.6 is 22.6 Å². The molecule has 2 fully saturated rings. The van der Waals surface area contributed by atoms with E-state index in [1.54, 1.807) is 24.3 Å². The average molecular weight is 987 g/mol. The Kier molecular flexibility index (Phi) is 19.6. The van der Waals surface area contributed by atoms with Gasteiger partial charge in [0.25, 0.3) is 17.7 Å². The summed E-state index contributed by atoms with van der Waals surface area (Å²) in [5.74, 6) is -14.5. The highest BCUT2D eigenvalue weighted by molar-refractivity contribution is 14.1. The molecule has 1 aromatic rings. The number of imide groups is 1. The first kappa shape index (κ1) is 50.1. The number of nitrogens with one attached hydrogen (secondary N) is 1. The van der Waals surface area contributed by atoms with E-state index in [2.05, 4.69) is 27.9 Å². The standard InChI is InChI=1S/C38H47IN6O17/c39-26-8-4-6-24(15-26)37(60)40-11-1-2-12-41(19-33(52)53)30(49)16-43(21-35(56)57)32(51)18-44(22-36(58)59)31(50)17-42(20-34(54)55)29(48)14-23-5-3-7-25(13-23)38(61)62-45-27(46)9-10-28(45)47/h4,6,8,15,23,25H,1-3,5,7,9-14,16-22H2,(H,40,60)(H,52,53)(H,54,55)(H,56,57)(H,58,59). The first-order chi connectivity index (χ1) is 29.2. The lowest BCUT2D eigenvalue weighted by Crippen LogP contribution is -2.52. The molecule has 2 unspecified atom stereocenters. The predicted octanol–water partition coefficient (Wildman–Crippen LogP) is -0.742. The minimum absolute atomic E-state index is 0.0594. The molecular weight excluding hydrogens is 939 g/mol. The summed E-state index contributed by atoms with van der Waals surface area (Å²) in [6.45, 7) is -7.38. The maximum absolute atomic E-state index is 13.5. The predicted molar refractivity (Wildman–Crippen MR) is 215 cm³/mol. The van der Waals surface area contributed by atoms with Crippen LogP contribution in [0.4, 0.5) is 0 Å². The topological polar surface area (TPSA) is 323 Å². The van der Waals surface area contributed by atoms with Gasteiger partial charge in [-0.2, -0.15) is 0 Å². The lowest BCUT2D eigenvalue weighted by atomic mass is 9.79. The Hall–Kier alpha value is -6.21. The van der Waals surface area contributed by atoms with Crippen LogP contribution in [0.2, 0.25) is 0 Å². The zero-order valence-electron chi connectivity index (χ0n) is 33.4. The Morgan fingerprint density at radius 2 is 1.18 bits per heavy atom. The Labute approximate surface area is 367 Å². The number of carbonyl (C=O) groups excluding carboxylic acids is 8. The lowest BCUT2D eigenvalue weighted by molar-refractivity contribution is -0.201. The summed E-state index contributed by atoms with van der Waals surface area (Å²) in [6, 6.07) is 6.80. The van der Waals surface area contributed by atoms with Crippen LogP contribution in [-0.4, -0.2) is 175 Å². The van der Waals surface area contributed by atoms with Crippen molar-refractivity contribution in [2.75, 3.05) is 58.9 Å². The van der Waals surface area contributed by atoms with Crippen molar-refractivity contribution >= 4 is 93.8 Å². The number of benzene rings is 1. The maximum Gasteiger partial charge on any atom is 0.336 e. The summed E-state index contributed by atoms with van der Waals surface area (Å²) >= 11 is 2.05. The van der Waals surface area contributed by atoms with E-state index in [0.717, 1.165) is 8.47 Å². The summed E-state index contributed by atoms with van der Waals surface area (Å²) in [5.41, 5.74) is 0.420. The smallest absolute Gasteiger partial charge is 0.336 e. The molecular formula is C38H47IN6O17. The van der Waals surface area contributed by atoms with E-state index < -0.39 is 123 Å². The summed E-state index contributed by atoms with van der Waals surface area (Å²) in [4.78, 5) is 157. The number of hydrogen-bond donors (Lipinski definition) is 5. The fraction of sp³-hybridized carbons (Fsp3) is 0.526. The Morgan fingerprint density at radius 3 is 1.69 bits per heavy atom. The van der Waals surface area contributed by atoms with E-state index in [1.165, 1.54) is 0 Å². The second-order valence-electron chi connectivity index (χ2n) is 14.5. The fourth-order valence-electron chi connectivity index (χ4n) is 6.68. The first-order valence-corrected chi connectivity index (χ1v) is 20.4. The largest absolute Gasteiger partial charge is 0.480 e. The van der Waals surface area contributed by atoms with Crippen LogP contribution in [0.25, 0.3) is 0 Å². The minimum Gasteiger partial charge on any atom is -0.480 e. The zero-order chi connectivity index (χ0) is 46.1. The second kappa shape index (κ2) is 24.3. The van der Waals surface area contributed by atoms with Gasteiger partial charge in [-0.1, -0.05) is 12.5 Å². The SMILES string of the molecule is O=C(O)CN(CCCCNC(=O)c1cccc(I)c1)C(=O)CN(CC(=O)O)C(=O)CN(CC(=O)O)C(=O)CN(CC(=O)O)C(=O)CC1CCCC(C(=O)ON2C(=O)CCC2=O)C1. The molecule has 0 spiro atoms. The van der Waals surface area contributed by atoms with Crippen molar-refractivity contribution < 1.29 is 82.8 Å². The Morgan fingerprint density at radius 1 is 0.677 bits per heavy atom. The van der Waals surface area contributed by atoms with Crippen LogP contribution in [0, 0.1) is 15.4 Å². The van der Waals surface area contributed by atoms with Gasteiger partial charge in [-0.25, -0.2) is 4.79 Å². The van der Waals surface area contributed by atoms with Gasteiger partial charge in [0.2, 0.25) is 23.6 Å². The molecule has 1 aromatic carbocycles. The fourth-order valence-corrected chi connectivity index (χ4v) is 7.22. The third kappa shape index (κ3) is 16.7. The highest BCUT2D eigenvalue weighted by Gasteiger charge is 2.38. The molecule has 1 saturated carbocycles. The van der Waals surface area contributed by atoms with E-state index >= 15 is 0 Å². The molecule has 23 nitrogen and oxygen atoms in total. The Balaban J connectivity index is 1.65. The molecule has 1 saturated heterocycles. The van der Waals surface area contributed by atoms with Crippen LogP contribution in [0.3, 0.4) is 0 Å². The quantitative estimate of drug-likeness (QED) is 0.0484. The van der Waals surface area contributed by atoms with Gasteiger partial charge in [-0.3, -0.25) is 52.7 Å². The Bertz CT molecular complexity index is 1910. The number of carbonyl (C=O) groups is 12. The normalized spacial score (nSPS) is 15.9. The maximum atomic E-state index is 13.5. The molecule has 3 rings (SSSR count). The molecule has 5 N–H and O–H groups in total. The number of hydrogen-bond acceptors (Lipinski definition) is 13. The van der Waals surface area contributed by atoms with Gasteiger partial charge >= 0.3 is 29.8 Å². The van der Waals surface area contributed by atoms with E-state index in [4.69, 9.17) is 4.84 Å². The zero-order valence-corrected chi connectivity index (χ0v) is 35.6. The molecule has 1 heterocycles. The summed E-state index contributed by atoms with van der Waals surface area (Å²) in [5, 5.41) is 41.1. The molecule has 62 heavy (non-hydrogen) atoms. The molecule has 0 bridgehead atoms. The average Bonchev–Trinajstić information content (AvgIpc) is 3.50. The van der Waals surface area contributed by atoms with Crippen LogP contribution < -0.4 is 5.32 Å². The number of rotatable bonds is 24. The molecule has 24 heteroatoms. The van der Waals surface area contributed by atoms with Crippen molar-refractivity contribution in [2.24, 2.45) is 11.8 Å². The van der Waals surface area contributed by atoms with E-state index in [-0.39, 0.29) is 51.1 Å². The third-order valence-corrected chi connectivity index (χ3v) is 10.4. The molecule has 2 atom stereocenters. The van der Waals surface area contributed by atoms with Gasteiger partial charge in [0.1, 0.15) is 45.8 Å². The first-order valence-electron chi connectivity index (χ1n) is 19.3. The molecule has 338 valence electrons. The van der Waals surface area contributed by atoms with Crippen molar-refractivity contribution in [1.29, 1.82) is 0 Å². The number of aliphatic carboxylic acids is 4. The molecule has 0 radical (unpaired) electrons. The summed E-state index contributed by atoms with van der Waals surface area (Å²) in [6.07, 6.45) is 1.08. The number of amides is 7. The molecule has 0 aromatic heterocycles. The van der Waals surface area contributed by atoms with E-state index in [9.17, 15) is 78.0 Å². The van der Waals surface area contributed by atoms with Gasteiger partial charge in [-0.05, 0) is 78.8 Å². The van der Waals surface area contributed by atoms with Crippen LogP contribution in [0.5, 0.6) is 0 Å². The lowest BCUT2D eigenvalue weighted by Gasteiger charge is -2.31. The minimum atomic E-state index is -1.65. The monoisotopic (exact) mass is 986 g/mol. The van der Waals surface area contributed by atoms with Crippen molar-refractivity contribution in [3.63, 3.8) is 0 Å². The van der Waals surface area contributed by atoms with E-state index in [0.29, 0.717) is 51.0 Å². The van der Waals surface area contributed by atoms with Gasteiger partial charge in [0.15, 0.2) is 0 Å². The summed E-state index contributed by atoms with van der Waals surface area (Å²) in [7, 11) is 0. The highest BCUT2D eigenvalue weighted by Crippen LogP contribution is 2.33. The summed E-state index contributed by atoms with van der Waals surface area (Å²) < 4.78 is 0.841. The van der Waals surface area contributed by atoms with Crippen molar-refractivity contribution in [1.82, 2.24) is 30.0 Å². The molecule has 2 aliphatic rings. The van der Waals surface area contributed by atoms with Gasteiger partial charge in [0, 0.05) is 41.5 Å². The van der Waals surface area contributed by atoms with Crippen LogP contribution in [0.1, 0.15) is 68.1 Å². The number of unbranched alkanes of at least 4 members (excludes halogenated alkanes) is 1. The van der Waals surface area contributed by atoms with Gasteiger partial charge < -0.3 is 50.2 Å². The highest BCUT2D eigenvalue weighted by atomic mass is 127. The number of halogens is 1. The van der Waals surface area contributed by atoms with Crippen molar-refractivity contribution in [3.8, 4) is 0 Å². The third-order valence-electron chi connectivity index (χ3n) is 9.69. The number of carboxylic acids is 4. The molecule has 1 aliphatic carbocycles. The van der Waals surface area contributed by atoms with Crippen LogP contribution in [0.15, 0.2) is 24.3 Å².